The third-order valence-corrected chi connectivity index (χ3v) is 5.35. The minimum Gasteiger partial charge on any atom is -0.497 e. The predicted molar refractivity (Wildman–Crippen MR) is 110 cm³/mol. The van der Waals surface area contributed by atoms with E-state index in [2.05, 4.69) is 26.9 Å². The van der Waals surface area contributed by atoms with Crippen LogP contribution in [-0.2, 0) is 13.0 Å². The summed E-state index contributed by atoms with van der Waals surface area (Å²) in [6.07, 6.45) is 2.81. The molecule has 0 saturated carbocycles. The van der Waals surface area contributed by atoms with Gasteiger partial charge in [-0.3, -0.25) is 14.1 Å². The van der Waals surface area contributed by atoms with Crippen molar-refractivity contribution in [2.75, 3.05) is 39.8 Å². The molecule has 146 valence electrons. The molecular formula is C22H26N4O2. The average Bonchev–Trinajstić information content (AvgIpc) is 2.74. The average molecular weight is 378 g/mol. The van der Waals surface area contributed by atoms with Crippen LogP contribution in [0.3, 0.4) is 0 Å². The molecule has 0 amide bonds. The smallest absolute Gasteiger partial charge is 0.258 e. The molecule has 2 aromatic heterocycles. The Morgan fingerprint density at radius 2 is 1.75 bits per heavy atom. The molecule has 3 aromatic rings. The van der Waals surface area contributed by atoms with Crippen LogP contribution in [0.25, 0.3) is 5.65 Å². The Hall–Kier alpha value is -2.70. The fourth-order valence-electron chi connectivity index (χ4n) is 3.66. The van der Waals surface area contributed by atoms with E-state index in [4.69, 9.17) is 4.74 Å². The number of ether oxygens (including phenoxy) is 1. The van der Waals surface area contributed by atoms with Crippen LogP contribution < -0.4 is 10.3 Å². The van der Waals surface area contributed by atoms with Gasteiger partial charge >= 0.3 is 0 Å². The third-order valence-electron chi connectivity index (χ3n) is 5.35. The van der Waals surface area contributed by atoms with Gasteiger partial charge in [0.05, 0.1) is 12.8 Å². The van der Waals surface area contributed by atoms with E-state index < -0.39 is 0 Å². The van der Waals surface area contributed by atoms with Crippen molar-refractivity contribution in [3.8, 4) is 5.75 Å². The molecule has 0 radical (unpaired) electrons. The van der Waals surface area contributed by atoms with Crippen molar-refractivity contribution in [2.45, 2.75) is 13.0 Å². The Morgan fingerprint density at radius 1 is 1.00 bits per heavy atom. The number of aromatic nitrogens is 2. The lowest BCUT2D eigenvalue weighted by atomic mass is 10.1. The van der Waals surface area contributed by atoms with Crippen molar-refractivity contribution in [3.63, 3.8) is 0 Å². The highest BCUT2D eigenvalue weighted by Gasteiger charge is 2.17. The highest BCUT2D eigenvalue weighted by atomic mass is 16.5. The molecule has 1 fully saturated rings. The van der Waals surface area contributed by atoms with Gasteiger partial charge in [0.15, 0.2) is 0 Å². The fraction of sp³-hybridized carbons (Fsp3) is 0.364. The molecule has 1 aromatic carbocycles. The first kappa shape index (κ1) is 18.7. The van der Waals surface area contributed by atoms with Gasteiger partial charge in [0.1, 0.15) is 11.4 Å². The molecular weight excluding hydrogens is 352 g/mol. The SMILES string of the molecule is COc1ccc(CCN2CCN(Cc3cc(=O)n4ccccc4n3)CC2)cc1. The maximum atomic E-state index is 12.2. The Labute approximate surface area is 165 Å². The number of pyridine rings is 1. The standard InChI is InChI=1S/C22H26N4O2/c1-28-20-7-5-18(6-8-20)9-11-24-12-14-25(15-13-24)17-19-16-22(27)26-10-3-2-4-21(26)23-19/h2-8,10,16H,9,11-15,17H2,1H3. The topological polar surface area (TPSA) is 50.1 Å². The Kier molecular flexibility index (Phi) is 5.69. The van der Waals surface area contributed by atoms with E-state index in [1.165, 1.54) is 5.56 Å². The van der Waals surface area contributed by atoms with E-state index in [0.717, 1.165) is 57.1 Å². The van der Waals surface area contributed by atoms with Gasteiger partial charge in [0, 0.05) is 51.5 Å². The minimum absolute atomic E-state index is 0.0151. The first-order chi connectivity index (χ1) is 13.7. The molecule has 0 bridgehead atoms. The number of nitrogens with zero attached hydrogens (tertiary/aromatic N) is 4. The van der Waals surface area contributed by atoms with Crippen LogP contribution in [0.1, 0.15) is 11.3 Å². The molecule has 28 heavy (non-hydrogen) atoms. The second-order valence-corrected chi connectivity index (χ2v) is 7.23. The normalized spacial score (nSPS) is 15.8. The largest absolute Gasteiger partial charge is 0.497 e. The second-order valence-electron chi connectivity index (χ2n) is 7.23. The lowest BCUT2D eigenvalue weighted by Gasteiger charge is -2.34. The van der Waals surface area contributed by atoms with Gasteiger partial charge in [-0.2, -0.15) is 0 Å². The van der Waals surface area contributed by atoms with Gasteiger partial charge < -0.3 is 9.64 Å². The Balaban J connectivity index is 1.29. The molecule has 4 rings (SSSR count). The van der Waals surface area contributed by atoms with Gasteiger partial charge in [0.2, 0.25) is 0 Å². The number of rotatable bonds is 6. The summed E-state index contributed by atoms with van der Waals surface area (Å²) in [5.41, 5.74) is 2.88. The van der Waals surface area contributed by atoms with E-state index in [-0.39, 0.29) is 5.56 Å². The van der Waals surface area contributed by atoms with E-state index in [9.17, 15) is 4.79 Å². The van der Waals surface area contributed by atoms with E-state index >= 15 is 0 Å². The number of piperazine rings is 1. The summed E-state index contributed by atoms with van der Waals surface area (Å²) < 4.78 is 6.80. The van der Waals surface area contributed by atoms with E-state index in [0.29, 0.717) is 5.65 Å². The van der Waals surface area contributed by atoms with Crippen LogP contribution in [0.2, 0.25) is 0 Å². The van der Waals surface area contributed by atoms with Crippen molar-refractivity contribution in [1.29, 1.82) is 0 Å². The molecule has 6 heteroatoms. The van der Waals surface area contributed by atoms with Crippen molar-refractivity contribution in [1.82, 2.24) is 19.2 Å². The molecule has 6 nitrogen and oxygen atoms in total. The molecule has 1 saturated heterocycles. The maximum Gasteiger partial charge on any atom is 0.258 e. The number of hydrogen-bond acceptors (Lipinski definition) is 5. The molecule has 1 aliphatic rings. The molecule has 3 heterocycles. The molecule has 1 aliphatic heterocycles. The fourth-order valence-corrected chi connectivity index (χ4v) is 3.66. The number of hydrogen-bond donors (Lipinski definition) is 0. The van der Waals surface area contributed by atoms with Gasteiger partial charge in [-0.25, -0.2) is 4.98 Å². The van der Waals surface area contributed by atoms with Gasteiger partial charge in [0.25, 0.3) is 5.56 Å². The Morgan fingerprint density at radius 3 is 2.50 bits per heavy atom. The highest BCUT2D eigenvalue weighted by Crippen LogP contribution is 2.13. The highest BCUT2D eigenvalue weighted by molar-refractivity contribution is 5.38. The van der Waals surface area contributed by atoms with Gasteiger partial charge in [-0.1, -0.05) is 18.2 Å². The summed E-state index contributed by atoms with van der Waals surface area (Å²) in [7, 11) is 1.69. The van der Waals surface area contributed by atoms with Crippen molar-refractivity contribution in [2.24, 2.45) is 0 Å². The monoisotopic (exact) mass is 378 g/mol. The molecule has 0 unspecified atom stereocenters. The predicted octanol–water partition coefficient (Wildman–Crippen LogP) is 2.06. The van der Waals surface area contributed by atoms with Crippen LogP contribution in [0, 0.1) is 0 Å². The molecule has 0 spiro atoms. The van der Waals surface area contributed by atoms with Crippen LogP contribution in [0.4, 0.5) is 0 Å². The summed E-state index contributed by atoms with van der Waals surface area (Å²) in [4.78, 5) is 21.8. The maximum absolute atomic E-state index is 12.2. The number of methoxy groups -OCH3 is 1. The summed E-state index contributed by atoms with van der Waals surface area (Å²) in [6, 6.07) is 15.6. The number of fused-ring (bicyclic) bond motifs is 1. The zero-order valence-corrected chi connectivity index (χ0v) is 16.3. The van der Waals surface area contributed by atoms with Crippen molar-refractivity contribution >= 4 is 5.65 Å². The second kappa shape index (κ2) is 8.54. The summed E-state index contributed by atoms with van der Waals surface area (Å²) in [5, 5.41) is 0. The van der Waals surface area contributed by atoms with E-state index in [1.807, 2.05) is 30.3 Å². The quantitative estimate of drug-likeness (QED) is 0.657. The third kappa shape index (κ3) is 4.40. The summed E-state index contributed by atoms with van der Waals surface area (Å²) >= 11 is 0. The Bertz CT molecular complexity index is 976. The van der Waals surface area contributed by atoms with Gasteiger partial charge in [-0.05, 0) is 36.2 Å². The first-order valence-electron chi connectivity index (χ1n) is 9.76. The van der Waals surface area contributed by atoms with Crippen LogP contribution >= 0.6 is 0 Å². The van der Waals surface area contributed by atoms with E-state index in [1.54, 1.807) is 23.8 Å². The zero-order valence-electron chi connectivity index (χ0n) is 16.3. The minimum atomic E-state index is -0.0151. The lowest BCUT2D eigenvalue weighted by Crippen LogP contribution is -2.46. The number of benzene rings is 1. The van der Waals surface area contributed by atoms with Crippen molar-refractivity contribution in [3.05, 3.63) is 76.3 Å². The molecule has 0 N–H and O–H groups in total. The zero-order chi connectivity index (χ0) is 19.3. The summed E-state index contributed by atoms with van der Waals surface area (Å²) in [6.45, 7) is 5.88. The van der Waals surface area contributed by atoms with Gasteiger partial charge in [-0.15, -0.1) is 0 Å². The molecule has 0 aliphatic carbocycles. The van der Waals surface area contributed by atoms with Crippen molar-refractivity contribution < 1.29 is 4.74 Å². The summed E-state index contributed by atoms with van der Waals surface area (Å²) in [5.74, 6) is 0.902. The first-order valence-corrected chi connectivity index (χ1v) is 9.76. The molecule has 0 atom stereocenters. The lowest BCUT2D eigenvalue weighted by molar-refractivity contribution is 0.127. The van der Waals surface area contributed by atoms with Crippen LogP contribution in [-0.4, -0.2) is 59.0 Å². The van der Waals surface area contributed by atoms with Crippen LogP contribution in [0.5, 0.6) is 5.75 Å². The van der Waals surface area contributed by atoms with Crippen LogP contribution in [0.15, 0.2) is 59.5 Å².